The molecule has 0 radical (unpaired) electrons. The fraction of sp³-hybridized carbons (Fsp3) is 0.304. The number of nitrogens with two attached hydrogens (primary N) is 1. The number of aliphatic imine (C=N–C) groups is 1. The molecular weight excluding hydrogens is 426 g/mol. The molecule has 9 heteroatoms. The number of amides is 1. The first-order valence-corrected chi connectivity index (χ1v) is 9.94. The number of benzene rings is 2. The lowest BCUT2D eigenvalue weighted by Crippen LogP contribution is -2.25. The van der Waals surface area contributed by atoms with Crippen molar-refractivity contribution in [1.29, 1.82) is 0 Å². The van der Waals surface area contributed by atoms with E-state index in [1.807, 2.05) is 0 Å². The zero-order valence-electron chi connectivity index (χ0n) is 17.5. The summed E-state index contributed by atoms with van der Waals surface area (Å²) in [6.45, 7) is -0.599. The predicted octanol–water partition coefficient (Wildman–Crippen LogP) is 5.75. The zero-order chi connectivity index (χ0) is 23.5. The Bertz CT molecular complexity index is 1040. The number of halogens is 4. The molecule has 1 aliphatic rings. The average molecular weight is 449 g/mol. The highest BCUT2D eigenvalue weighted by molar-refractivity contribution is 6.27. The summed E-state index contributed by atoms with van der Waals surface area (Å²) in [5.41, 5.74) is 7.26. The number of nitrogens with zero attached hydrogens (tertiary/aromatic N) is 1. The molecule has 3 rings (SSSR count). The second-order valence-corrected chi connectivity index (χ2v) is 7.63. The van der Waals surface area contributed by atoms with Crippen molar-refractivity contribution in [3.05, 3.63) is 65.4 Å². The lowest BCUT2D eigenvalue weighted by molar-refractivity contribution is -0.112. The van der Waals surface area contributed by atoms with Crippen LogP contribution in [-0.4, -0.2) is 18.2 Å². The quantitative estimate of drug-likeness (QED) is 0.306. The zero-order valence-corrected chi connectivity index (χ0v) is 17.5. The first kappa shape index (κ1) is 23.3. The molecule has 0 aliphatic heterocycles. The smallest absolute Gasteiger partial charge is 0.387 e. The van der Waals surface area contributed by atoms with E-state index >= 15 is 0 Å². The van der Waals surface area contributed by atoms with Gasteiger partial charge in [-0.2, -0.15) is 8.78 Å². The van der Waals surface area contributed by atoms with Gasteiger partial charge in [0, 0.05) is 29.8 Å². The fourth-order valence-electron chi connectivity index (χ4n) is 3.11. The number of allylic oxidation sites excluding steroid dienone is 1. The van der Waals surface area contributed by atoms with Crippen molar-refractivity contribution in [2.45, 2.75) is 39.2 Å². The minimum Gasteiger partial charge on any atom is -0.435 e. The third-order valence-electron chi connectivity index (χ3n) is 4.78. The monoisotopic (exact) mass is 449 g/mol. The molecule has 0 heterocycles. The van der Waals surface area contributed by atoms with Crippen molar-refractivity contribution >= 4 is 23.0 Å². The molecule has 170 valence electrons. The molecule has 5 nitrogen and oxygen atoms in total. The third-order valence-corrected chi connectivity index (χ3v) is 4.78. The first-order valence-electron chi connectivity index (χ1n) is 9.94. The predicted molar refractivity (Wildman–Crippen MR) is 114 cm³/mol. The van der Waals surface area contributed by atoms with Crippen molar-refractivity contribution in [1.82, 2.24) is 0 Å². The number of anilines is 1. The van der Waals surface area contributed by atoms with Crippen molar-refractivity contribution in [3.63, 3.8) is 0 Å². The molecule has 32 heavy (non-hydrogen) atoms. The molecule has 1 saturated carbocycles. The van der Waals surface area contributed by atoms with Crippen LogP contribution in [0.2, 0.25) is 0 Å². The molecule has 0 spiro atoms. The molecule has 0 saturated heterocycles. The Labute approximate surface area is 183 Å². The van der Waals surface area contributed by atoms with Gasteiger partial charge in [-0.25, -0.2) is 8.78 Å². The molecule has 0 atom stereocenters. The van der Waals surface area contributed by atoms with Crippen LogP contribution < -0.4 is 15.8 Å². The lowest BCUT2D eigenvalue weighted by atomic mass is 10.0. The van der Waals surface area contributed by atoms with E-state index in [0.717, 1.165) is 19.8 Å². The molecule has 0 bridgehead atoms. The van der Waals surface area contributed by atoms with Crippen LogP contribution in [0.1, 0.15) is 32.3 Å². The minimum atomic E-state index is -3.05. The van der Waals surface area contributed by atoms with Crippen LogP contribution >= 0.6 is 0 Å². The summed E-state index contributed by atoms with van der Waals surface area (Å²) in [5, 5.41) is 2.62. The van der Waals surface area contributed by atoms with Crippen molar-refractivity contribution in [2.24, 2.45) is 16.6 Å². The fourth-order valence-corrected chi connectivity index (χ4v) is 3.11. The van der Waals surface area contributed by atoms with Gasteiger partial charge in [0.25, 0.3) is 11.8 Å². The van der Waals surface area contributed by atoms with E-state index in [4.69, 9.17) is 5.73 Å². The van der Waals surface area contributed by atoms with Crippen LogP contribution in [0.3, 0.4) is 0 Å². The maximum Gasteiger partial charge on any atom is 0.387 e. The first-order chi connectivity index (χ1) is 15.0. The topological polar surface area (TPSA) is 76.7 Å². The van der Waals surface area contributed by atoms with Gasteiger partial charge in [-0.1, -0.05) is 12.1 Å². The molecule has 1 amide bonds. The van der Waals surface area contributed by atoms with Gasteiger partial charge >= 0.3 is 6.61 Å². The van der Waals surface area contributed by atoms with Gasteiger partial charge in [-0.15, -0.1) is 0 Å². The number of carbonyl (C=O) groups excluding carboxylic acids is 1. The Morgan fingerprint density at radius 3 is 2.38 bits per heavy atom. The van der Waals surface area contributed by atoms with Crippen LogP contribution in [0.5, 0.6) is 5.75 Å². The number of ether oxygens (including phenoxy) is 1. The number of hydrogen-bond donors (Lipinski definition) is 2. The summed E-state index contributed by atoms with van der Waals surface area (Å²) in [7, 11) is 0. The average Bonchev–Trinajstić information content (AvgIpc) is 3.53. The van der Waals surface area contributed by atoms with Gasteiger partial charge in [0.15, 0.2) is 0 Å². The molecule has 0 unspecified atom stereocenters. The van der Waals surface area contributed by atoms with Crippen molar-refractivity contribution in [3.8, 4) is 5.75 Å². The van der Waals surface area contributed by atoms with E-state index in [1.165, 1.54) is 48.5 Å². The molecule has 1 fully saturated rings. The Hall–Kier alpha value is -3.36. The number of nitrogens with one attached hydrogen (secondary N) is 1. The highest BCUT2D eigenvalue weighted by atomic mass is 19.3. The number of carbonyl (C=O) groups is 1. The van der Waals surface area contributed by atoms with Gasteiger partial charge in [0.1, 0.15) is 5.75 Å². The maximum absolute atomic E-state index is 13.6. The van der Waals surface area contributed by atoms with Gasteiger partial charge in [-0.05, 0) is 56.2 Å². The summed E-state index contributed by atoms with van der Waals surface area (Å²) >= 11 is 0. The Balaban J connectivity index is 1.88. The Kier molecular flexibility index (Phi) is 6.86. The number of hydrogen-bond acceptors (Lipinski definition) is 4. The largest absolute Gasteiger partial charge is 0.435 e. The lowest BCUT2D eigenvalue weighted by Gasteiger charge is -2.15. The SMILES string of the molecule is CC(N)=C(C(=O)Nc1cccc(C(C)(F)F)c1)C(=Nc1ccc(OC(F)F)cc1)C1CC1. The second-order valence-electron chi connectivity index (χ2n) is 7.63. The van der Waals surface area contributed by atoms with E-state index in [2.05, 4.69) is 15.0 Å². The van der Waals surface area contributed by atoms with Gasteiger partial charge in [-0.3, -0.25) is 9.79 Å². The van der Waals surface area contributed by atoms with Crippen LogP contribution in [0.25, 0.3) is 0 Å². The van der Waals surface area contributed by atoms with Gasteiger partial charge in [0.05, 0.1) is 17.0 Å². The van der Waals surface area contributed by atoms with Crippen LogP contribution in [0.4, 0.5) is 28.9 Å². The Morgan fingerprint density at radius 2 is 1.84 bits per heavy atom. The Morgan fingerprint density at radius 1 is 1.19 bits per heavy atom. The van der Waals surface area contributed by atoms with Gasteiger partial charge in [0.2, 0.25) is 0 Å². The summed E-state index contributed by atoms with van der Waals surface area (Å²) in [6, 6.07) is 11.1. The molecule has 1 aliphatic carbocycles. The van der Waals surface area contributed by atoms with E-state index in [-0.39, 0.29) is 34.2 Å². The van der Waals surface area contributed by atoms with E-state index in [1.54, 1.807) is 6.92 Å². The summed E-state index contributed by atoms with van der Waals surface area (Å²) in [5.74, 6) is -3.62. The molecule has 3 N–H and O–H groups in total. The number of rotatable bonds is 8. The van der Waals surface area contributed by atoms with E-state index in [9.17, 15) is 22.4 Å². The second kappa shape index (κ2) is 9.42. The summed E-state index contributed by atoms with van der Waals surface area (Å²) < 4.78 is 56.3. The molecule has 2 aromatic carbocycles. The number of alkyl halides is 4. The molecule has 0 aromatic heterocycles. The molecular formula is C23H23F4N3O2. The van der Waals surface area contributed by atoms with Crippen LogP contribution in [-0.2, 0) is 10.7 Å². The third kappa shape index (κ3) is 6.09. The summed E-state index contributed by atoms with van der Waals surface area (Å²) in [6.07, 6.45) is 1.63. The highest BCUT2D eigenvalue weighted by Gasteiger charge is 2.34. The van der Waals surface area contributed by atoms with Crippen LogP contribution in [0, 0.1) is 5.92 Å². The normalized spacial score (nSPS) is 15.4. The van der Waals surface area contributed by atoms with E-state index in [0.29, 0.717) is 11.4 Å². The molecule has 2 aromatic rings. The highest BCUT2D eigenvalue weighted by Crippen LogP contribution is 2.36. The minimum absolute atomic E-state index is 0.0111. The van der Waals surface area contributed by atoms with E-state index < -0.39 is 18.4 Å². The summed E-state index contributed by atoms with van der Waals surface area (Å²) in [4.78, 5) is 17.6. The van der Waals surface area contributed by atoms with Crippen molar-refractivity contribution in [2.75, 3.05) is 5.32 Å². The van der Waals surface area contributed by atoms with Crippen LogP contribution in [0.15, 0.2) is 64.8 Å². The van der Waals surface area contributed by atoms with Crippen molar-refractivity contribution < 1.29 is 27.1 Å². The van der Waals surface area contributed by atoms with Gasteiger partial charge < -0.3 is 15.8 Å². The standard InChI is InChI=1S/C23H23F4N3O2/c1-13(28)19(21(31)30-17-5-3-4-15(12-17)23(2,26)27)20(14-6-7-14)29-16-8-10-18(11-9-16)32-22(24)25/h3-5,8-12,14,22H,6-7,28H2,1-2H3,(H,30,31). The maximum atomic E-state index is 13.6.